The summed E-state index contributed by atoms with van der Waals surface area (Å²) < 4.78 is 67.3. The summed E-state index contributed by atoms with van der Waals surface area (Å²) in [5.41, 5.74) is -0.0291. The van der Waals surface area contributed by atoms with Crippen LogP contribution >= 0.6 is 0 Å². The molecule has 2 heterocycles. The number of para-hydroxylation sites is 1. The van der Waals surface area contributed by atoms with Crippen molar-refractivity contribution in [3.8, 4) is 5.75 Å². The smallest absolute Gasteiger partial charge is 0.387 e. The van der Waals surface area contributed by atoms with Gasteiger partial charge in [-0.2, -0.15) is 8.78 Å². The maximum atomic E-state index is 13.5. The van der Waals surface area contributed by atoms with Crippen LogP contribution in [0.4, 0.5) is 8.78 Å². The van der Waals surface area contributed by atoms with E-state index in [1.54, 1.807) is 13.0 Å². The number of carbonyl (C=O) groups excluding carboxylic acids is 3. The van der Waals surface area contributed by atoms with E-state index in [-0.39, 0.29) is 36.2 Å². The van der Waals surface area contributed by atoms with Gasteiger partial charge in [0.15, 0.2) is 9.84 Å². The molecule has 3 rings (SSSR count). The van der Waals surface area contributed by atoms with Crippen LogP contribution in [0.15, 0.2) is 40.8 Å². The number of morpholine rings is 1. The predicted octanol–water partition coefficient (Wildman–Crippen LogP) is 2.35. The van der Waals surface area contributed by atoms with Crippen molar-refractivity contribution in [3.05, 3.63) is 53.8 Å². The fourth-order valence-corrected chi connectivity index (χ4v) is 5.90. The van der Waals surface area contributed by atoms with Gasteiger partial charge in [0.1, 0.15) is 11.8 Å². The molecule has 1 aromatic heterocycles. The van der Waals surface area contributed by atoms with Crippen molar-refractivity contribution in [2.24, 2.45) is 5.92 Å². The predicted molar refractivity (Wildman–Crippen MR) is 145 cm³/mol. The van der Waals surface area contributed by atoms with E-state index in [4.69, 9.17) is 9.15 Å². The number of nitrogens with one attached hydrogen (secondary N) is 1. The van der Waals surface area contributed by atoms with Gasteiger partial charge in [-0.1, -0.05) is 44.2 Å². The average molecular weight is 613 g/mol. The van der Waals surface area contributed by atoms with Gasteiger partial charge in [-0.25, -0.2) is 8.42 Å². The Kier molecular flexibility index (Phi) is 12.1. The van der Waals surface area contributed by atoms with Crippen molar-refractivity contribution < 1.29 is 45.5 Å². The number of ether oxygens (including phenoxy) is 2. The van der Waals surface area contributed by atoms with Crippen molar-refractivity contribution in [2.45, 2.75) is 51.5 Å². The Hall–Kier alpha value is -3.72. The maximum Gasteiger partial charge on any atom is 0.387 e. The lowest BCUT2D eigenvalue weighted by Gasteiger charge is -2.28. The molecule has 2 atom stereocenters. The van der Waals surface area contributed by atoms with E-state index in [1.165, 1.54) is 35.2 Å². The Labute approximate surface area is 242 Å². The minimum atomic E-state index is -4.16. The summed E-state index contributed by atoms with van der Waals surface area (Å²) in [5, 5.41) is 10.0. The highest BCUT2D eigenvalue weighted by Gasteiger charge is 2.34. The number of sulfone groups is 1. The molecule has 15 heteroatoms. The van der Waals surface area contributed by atoms with Gasteiger partial charge in [0.2, 0.25) is 23.5 Å². The first-order valence-electron chi connectivity index (χ1n) is 13.4. The van der Waals surface area contributed by atoms with Crippen LogP contribution < -0.4 is 10.1 Å². The largest absolute Gasteiger partial charge is 0.435 e. The monoisotopic (exact) mass is 612 g/mol. The highest BCUT2D eigenvalue weighted by Crippen LogP contribution is 2.24. The second-order valence-electron chi connectivity index (χ2n) is 9.48. The molecule has 230 valence electrons. The topological polar surface area (TPSA) is 158 Å². The van der Waals surface area contributed by atoms with Crippen molar-refractivity contribution in [1.29, 1.82) is 0 Å². The van der Waals surface area contributed by atoms with E-state index in [0.717, 1.165) is 0 Å². The Morgan fingerprint density at radius 1 is 1.14 bits per heavy atom. The normalized spacial score (nSPS) is 15.5. The fraction of sp³-hybridized carbons (Fsp3) is 0.519. The highest BCUT2D eigenvalue weighted by molar-refractivity contribution is 7.90. The molecule has 0 aliphatic carbocycles. The third-order valence-electron chi connectivity index (χ3n) is 6.30. The molecule has 2 amide bonds. The zero-order valence-electron chi connectivity index (χ0n) is 23.3. The van der Waals surface area contributed by atoms with E-state index in [1.807, 2.05) is 6.92 Å². The number of Topliss-reactive ketones (excluding diaryl/α,β-unsaturated/α-hetero) is 1. The lowest BCUT2D eigenvalue weighted by Crippen LogP contribution is -2.47. The number of ketones is 1. The number of carbonyl (C=O) groups is 3. The first-order chi connectivity index (χ1) is 20.0. The molecule has 0 bridgehead atoms. The van der Waals surface area contributed by atoms with Gasteiger partial charge < -0.3 is 24.1 Å². The molecule has 2 unspecified atom stereocenters. The number of benzene rings is 1. The molecule has 42 heavy (non-hydrogen) atoms. The molecular formula is C27H34F2N4O8S. The summed E-state index contributed by atoms with van der Waals surface area (Å²) in [6.45, 7) is 1.54. The van der Waals surface area contributed by atoms with E-state index < -0.39 is 63.9 Å². The summed E-state index contributed by atoms with van der Waals surface area (Å²) in [5.74, 6) is -5.39. The van der Waals surface area contributed by atoms with Gasteiger partial charge in [-0.05, 0) is 12.5 Å². The summed E-state index contributed by atoms with van der Waals surface area (Å²) in [4.78, 5) is 41.2. The number of nitrogens with zero attached hydrogens (tertiary/aromatic N) is 3. The van der Waals surface area contributed by atoms with Gasteiger partial charge in [-0.3, -0.25) is 14.4 Å². The third kappa shape index (κ3) is 9.69. The van der Waals surface area contributed by atoms with Crippen LogP contribution in [-0.4, -0.2) is 85.8 Å². The number of allylic oxidation sites excluding steroid dienone is 1. The molecule has 2 aromatic rings. The van der Waals surface area contributed by atoms with Crippen molar-refractivity contribution in [1.82, 2.24) is 20.4 Å². The molecule has 1 aromatic carbocycles. The molecule has 1 aliphatic rings. The number of hydrogen-bond acceptors (Lipinski definition) is 10. The molecule has 1 N–H and O–H groups in total. The first-order valence-corrected chi connectivity index (χ1v) is 15.3. The Morgan fingerprint density at radius 3 is 2.50 bits per heavy atom. The SMILES string of the molecule is CC/C=C/C(NC(=O)C(CC(=O)N1CCOCC1)CS(=O)(=O)Cc1ccccc1OC(F)F)C(=O)c1nnc(CC)o1. The van der Waals surface area contributed by atoms with E-state index >= 15 is 0 Å². The zero-order chi connectivity index (χ0) is 30.7. The Balaban J connectivity index is 1.86. The average Bonchev–Trinajstić information content (AvgIpc) is 3.45. The van der Waals surface area contributed by atoms with Crippen LogP contribution in [0.5, 0.6) is 5.75 Å². The van der Waals surface area contributed by atoms with Crippen LogP contribution in [0.25, 0.3) is 0 Å². The van der Waals surface area contributed by atoms with Gasteiger partial charge in [-0.15, -0.1) is 10.2 Å². The molecule has 0 spiro atoms. The maximum absolute atomic E-state index is 13.5. The minimum absolute atomic E-state index is 0.0291. The van der Waals surface area contributed by atoms with Crippen molar-refractivity contribution in [3.63, 3.8) is 0 Å². The van der Waals surface area contributed by atoms with Gasteiger partial charge in [0, 0.05) is 31.5 Å². The van der Waals surface area contributed by atoms with E-state index in [9.17, 15) is 31.6 Å². The fourth-order valence-electron chi connectivity index (χ4n) is 4.19. The van der Waals surface area contributed by atoms with Crippen LogP contribution in [0.2, 0.25) is 0 Å². The first kappa shape index (κ1) is 32.8. The van der Waals surface area contributed by atoms with Crippen LogP contribution in [0.3, 0.4) is 0 Å². The van der Waals surface area contributed by atoms with Crippen LogP contribution in [0, 0.1) is 5.92 Å². The van der Waals surface area contributed by atoms with Crippen LogP contribution in [-0.2, 0) is 36.3 Å². The Bertz CT molecular complexity index is 1360. The van der Waals surface area contributed by atoms with Crippen molar-refractivity contribution in [2.75, 3.05) is 32.1 Å². The Morgan fingerprint density at radius 2 is 1.86 bits per heavy atom. The van der Waals surface area contributed by atoms with Crippen molar-refractivity contribution >= 4 is 27.4 Å². The van der Waals surface area contributed by atoms with E-state index in [2.05, 4.69) is 20.3 Å². The molecule has 12 nitrogen and oxygen atoms in total. The number of amides is 2. The minimum Gasteiger partial charge on any atom is -0.435 e. The molecule has 0 radical (unpaired) electrons. The summed E-state index contributed by atoms with van der Waals surface area (Å²) >= 11 is 0. The molecule has 0 saturated carbocycles. The lowest BCUT2D eigenvalue weighted by atomic mass is 10.0. The second-order valence-corrected chi connectivity index (χ2v) is 11.6. The third-order valence-corrected chi connectivity index (χ3v) is 7.96. The zero-order valence-corrected chi connectivity index (χ0v) is 24.1. The highest BCUT2D eigenvalue weighted by atomic mass is 32.2. The van der Waals surface area contributed by atoms with Crippen LogP contribution in [0.1, 0.15) is 48.8 Å². The quantitative estimate of drug-likeness (QED) is 0.234. The second kappa shape index (κ2) is 15.5. The summed E-state index contributed by atoms with van der Waals surface area (Å²) in [7, 11) is -4.16. The molecule has 1 fully saturated rings. The molecule has 1 aliphatic heterocycles. The number of aromatic nitrogens is 2. The number of rotatable bonds is 15. The van der Waals surface area contributed by atoms with Gasteiger partial charge in [0.05, 0.1) is 30.6 Å². The molecule has 1 saturated heterocycles. The number of halogens is 2. The van der Waals surface area contributed by atoms with Gasteiger partial charge >= 0.3 is 6.61 Å². The summed E-state index contributed by atoms with van der Waals surface area (Å²) in [6, 6.07) is 4.14. The summed E-state index contributed by atoms with van der Waals surface area (Å²) in [6.07, 6.45) is 3.49. The number of alkyl halides is 2. The molecular weight excluding hydrogens is 578 g/mol. The lowest BCUT2D eigenvalue weighted by molar-refractivity contribution is -0.139. The number of aryl methyl sites for hydroxylation is 1. The van der Waals surface area contributed by atoms with Gasteiger partial charge in [0.25, 0.3) is 5.89 Å². The standard InChI is InChI=1S/C27H34F2N4O8S/c1-3-5-9-20(24(35)26-32-31-22(4-2)41-26)30-25(36)19(15-23(34)33-11-13-39-14-12-33)17-42(37,38)16-18-8-6-7-10-21(18)40-27(28)29/h5-10,19-20,27H,3-4,11-17H2,1-2H3,(H,30,36)/b9-5+. The number of hydrogen-bond donors (Lipinski definition) is 1. The van der Waals surface area contributed by atoms with E-state index in [0.29, 0.717) is 26.1 Å².